The molecule has 13 heavy (non-hydrogen) atoms. The third-order valence-electron chi connectivity index (χ3n) is 2.53. The van der Waals surface area contributed by atoms with Gasteiger partial charge in [0.05, 0.1) is 10.7 Å². The molecule has 1 nitrogen and oxygen atoms in total. The minimum atomic E-state index is 0.562. The van der Waals surface area contributed by atoms with Crippen molar-refractivity contribution < 1.29 is 0 Å². The van der Waals surface area contributed by atoms with E-state index in [4.69, 9.17) is 11.6 Å². The fourth-order valence-electron chi connectivity index (χ4n) is 1.52. The molecule has 1 heterocycles. The van der Waals surface area contributed by atoms with Gasteiger partial charge in [-0.15, -0.1) is 22.9 Å². The highest BCUT2D eigenvalue weighted by atomic mass is 35.5. The van der Waals surface area contributed by atoms with Crippen LogP contribution in [0.4, 0.5) is 0 Å². The fourth-order valence-corrected chi connectivity index (χ4v) is 2.76. The summed E-state index contributed by atoms with van der Waals surface area (Å²) in [5.41, 5.74) is 1.28. The summed E-state index contributed by atoms with van der Waals surface area (Å²) in [4.78, 5) is 4.63. The van der Waals surface area contributed by atoms with Crippen molar-refractivity contribution in [1.29, 1.82) is 0 Å². The summed E-state index contributed by atoms with van der Waals surface area (Å²) in [6, 6.07) is 0. The predicted octanol–water partition coefficient (Wildman–Crippen LogP) is 3.61. The van der Waals surface area contributed by atoms with Gasteiger partial charge in [0.25, 0.3) is 0 Å². The Morgan fingerprint density at radius 3 is 2.92 bits per heavy atom. The Morgan fingerprint density at radius 1 is 1.69 bits per heavy atom. The van der Waals surface area contributed by atoms with Gasteiger partial charge in [0.1, 0.15) is 0 Å². The average Bonchev–Trinajstić information content (AvgIpc) is 2.73. The third kappa shape index (κ3) is 1.89. The van der Waals surface area contributed by atoms with Crippen molar-refractivity contribution in [3.8, 4) is 0 Å². The lowest BCUT2D eigenvalue weighted by Gasteiger charge is -1.96. The van der Waals surface area contributed by atoms with Crippen LogP contribution in [0.3, 0.4) is 0 Å². The SMILES string of the molecule is CC(C)c1nc(C2CC2CCl)cs1. The summed E-state index contributed by atoms with van der Waals surface area (Å²) in [5.74, 6) is 2.72. The van der Waals surface area contributed by atoms with Crippen LogP contribution in [0.5, 0.6) is 0 Å². The van der Waals surface area contributed by atoms with Crippen LogP contribution in [0.25, 0.3) is 0 Å². The van der Waals surface area contributed by atoms with Crippen LogP contribution in [0, 0.1) is 5.92 Å². The number of rotatable bonds is 3. The largest absolute Gasteiger partial charge is 0.246 e. The first-order valence-corrected chi connectivity index (χ1v) is 6.15. The van der Waals surface area contributed by atoms with E-state index in [0.29, 0.717) is 17.8 Å². The van der Waals surface area contributed by atoms with Crippen molar-refractivity contribution in [3.05, 3.63) is 16.1 Å². The molecule has 0 amide bonds. The van der Waals surface area contributed by atoms with Crippen molar-refractivity contribution >= 4 is 22.9 Å². The number of hydrogen-bond donors (Lipinski definition) is 0. The molecule has 3 heteroatoms. The number of alkyl halides is 1. The van der Waals surface area contributed by atoms with E-state index >= 15 is 0 Å². The third-order valence-corrected chi connectivity index (χ3v) is 4.09. The van der Waals surface area contributed by atoms with Crippen LogP contribution in [0.2, 0.25) is 0 Å². The monoisotopic (exact) mass is 215 g/mol. The Bertz CT molecular complexity index is 295. The van der Waals surface area contributed by atoms with Crippen molar-refractivity contribution in [1.82, 2.24) is 4.98 Å². The van der Waals surface area contributed by atoms with Gasteiger partial charge in [0, 0.05) is 23.1 Å². The maximum Gasteiger partial charge on any atom is 0.0953 e. The number of halogens is 1. The van der Waals surface area contributed by atoms with E-state index in [9.17, 15) is 0 Å². The molecule has 1 aromatic rings. The molecule has 0 saturated heterocycles. The highest BCUT2D eigenvalue weighted by Gasteiger charge is 2.39. The van der Waals surface area contributed by atoms with Gasteiger partial charge in [-0.05, 0) is 12.3 Å². The number of thiazole rings is 1. The normalized spacial score (nSPS) is 26.8. The molecular weight excluding hydrogens is 202 g/mol. The smallest absolute Gasteiger partial charge is 0.0953 e. The molecule has 1 aromatic heterocycles. The zero-order valence-corrected chi connectivity index (χ0v) is 9.53. The molecule has 2 unspecified atom stereocenters. The van der Waals surface area contributed by atoms with Crippen LogP contribution < -0.4 is 0 Å². The molecule has 2 rings (SSSR count). The highest BCUT2D eigenvalue weighted by Crippen LogP contribution is 2.48. The van der Waals surface area contributed by atoms with Crippen molar-refractivity contribution in [3.63, 3.8) is 0 Å². The molecule has 0 aliphatic heterocycles. The minimum absolute atomic E-state index is 0.562. The summed E-state index contributed by atoms with van der Waals surface area (Å²) in [6.07, 6.45) is 1.24. The van der Waals surface area contributed by atoms with Crippen molar-refractivity contribution in [2.24, 2.45) is 5.92 Å². The summed E-state index contributed by atoms with van der Waals surface area (Å²) >= 11 is 7.57. The van der Waals surface area contributed by atoms with Gasteiger partial charge in [-0.2, -0.15) is 0 Å². The van der Waals surface area contributed by atoms with Crippen molar-refractivity contribution in [2.45, 2.75) is 32.1 Å². The van der Waals surface area contributed by atoms with Crippen LogP contribution in [0.1, 0.15) is 42.8 Å². The first kappa shape index (κ1) is 9.47. The zero-order chi connectivity index (χ0) is 9.42. The Balaban J connectivity index is 2.07. The van der Waals surface area contributed by atoms with E-state index in [-0.39, 0.29) is 0 Å². The second-order valence-electron chi connectivity index (χ2n) is 4.02. The standard InChI is InChI=1S/C10H14ClNS/c1-6(2)10-12-9(5-13-10)8-3-7(8)4-11/h5-8H,3-4H2,1-2H3. The topological polar surface area (TPSA) is 12.9 Å². The van der Waals surface area contributed by atoms with Gasteiger partial charge >= 0.3 is 0 Å². The lowest BCUT2D eigenvalue weighted by Crippen LogP contribution is -1.88. The Labute approximate surface area is 88.1 Å². The summed E-state index contributed by atoms with van der Waals surface area (Å²) in [7, 11) is 0. The van der Waals surface area contributed by atoms with Crippen LogP contribution in [-0.2, 0) is 0 Å². The van der Waals surface area contributed by atoms with E-state index < -0.39 is 0 Å². The van der Waals surface area contributed by atoms with E-state index in [1.165, 1.54) is 17.1 Å². The maximum atomic E-state index is 5.79. The number of hydrogen-bond acceptors (Lipinski definition) is 2. The van der Waals surface area contributed by atoms with Gasteiger partial charge in [-0.1, -0.05) is 13.8 Å². The van der Waals surface area contributed by atoms with Crippen molar-refractivity contribution in [2.75, 3.05) is 5.88 Å². The fraction of sp³-hybridized carbons (Fsp3) is 0.700. The molecule has 0 aromatic carbocycles. The van der Waals surface area contributed by atoms with Crippen LogP contribution >= 0.6 is 22.9 Å². The second kappa shape index (κ2) is 3.58. The highest BCUT2D eigenvalue weighted by molar-refractivity contribution is 7.09. The molecular formula is C10H14ClNS. The lowest BCUT2D eigenvalue weighted by atomic mass is 10.2. The van der Waals surface area contributed by atoms with E-state index in [2.05, 4.69) is 24.2 Å². The molecule has 0 spiro atoms. The van der Waals surface area contributed by atoms with Gasteiger partial charge < -0.3 is 0 Å². The van der Waals surface area contributed by atoms with Crippen LogP contribution in [0.15, 0.2) is 5.38 Å². The predicted molar refractivity (Wildman–Crippen MR) is 57.8 cm³/mol. The molecule has 1 fully saturated rings. The summed E-state index contributed by atoms with van der Waals surface area (Å²) < 4.78 is 0. The first-order valence-electron chi connectivity index (χ1n) is 4.73. The molecule has 1 saturated carbocycles. The molecule has 1 aliphatic carbocycles. The molecule has 0 N–H and O–H groups in total. The molecule has 2 atom stereocenters. The van der Waals surface area contributed by atoms with Gasteiger partial charge in [0.15, 0.2) is 0 Å². The first-order chi connectivity index (χ1) is 6.22. The average molecular weight is 216 g/mol. The zero-order valence-electron chi connectivity index (χ0n) is 7.96. The van der Waals surface area contributed by atoms with E-state index in [0.717, 1.165) is 5.88 Å². The summed E-state index contributed by atoms with van der Waals surface area (Å²) in [5, 5.41) is 3.46. The van der Waals surface area contributed by atoms with Gasteiger partial charge in [0.2, 0.25) is 0 Å². The van der Waals surface area contributed by atoms with Crippen LogP contribution in [-0.4, -0.2) is 10.9 Å². The molecule has 0 bridgehead atoms. The molecule has 0 radical (unpaired) electrons. The minimum Gasteiger partial charge on any atom is -0.246 e. The summed E-state index contributed by atoms with van der Waals surface area (Å²) in [6.45, 7) is 4.38. The Kier molecular flexibility index (Phi) is 2.61. The van der Waals surface area contributed by atoms with E-state index in [1.807, 2.05) is 0 Å². The second-order valence-corrected chi connectivity index (χ2v) is 5.22. The molecule has 1 aliphatic rings. The van der Waals surface area contributed by atoms with Gasteiger partial charge in [-0.25, -0.2) is 4.98 Å². The van der Waals surface area contributed by atoms with Gasteiger partial charge in [-0.3, -0.25) is 0 Å². The molecule has 72 valence electrons. The maximum absolute atomic E-state index is 5.79. The number of nitrogens with zero attached hydrogens (tertiary/aromatic N) is 1. The Hall–Kier alpha value is -0.0800. The number of aromatic nitrogens is 1. The Morgan fingerprint density at radius 2 is 2.46 bits per heavy atom. The van der Waals surface area contributed by atoms with E-state index in [1.54, 1.807) is 11.3 Å². The lowest BCUT2D eigenvalue weighted by molar-refractivity contribution is 0.826. The quantitative estimate of drug-likeness (QED) is 0.702.